The summed E-state index contributed by atoms with van der Waals surface area (Å²) in [5.74, 6) is -3.57. The van der Waals surface area contributed by atoms with E-state index < -0.39 is 25.6 Å². The maximum atomic E-state index is 12.9. The van der Waals surface area contributed by atoms with Crippen molar-refractivity contribution in [3.05, 3.63) is 47.6 Å². The van der Waals surface area contributed by atoms with Gasteiger partial charge in [-0.1, -0.05) is 35.5 Å². The predicted octanol–water partition coefficient (Wildman–Crippen LogP) is 4.18. The minimum Gasteiger partial charge on any atom is -0.365 e. The normalized spacial score (nSPS) is 25.5. The number of hydrogen-bond acceptors (Lipinski definition) is 5. The third kappa shape index (κ3) is 3.77. The molecule has 0 N–H and O–H groups in total. The Kier molecular flexibility index (Phi) is 5.37. The van der Waals surface area contributed by atoms with Gasteiger partial charge in [0.1, 0.15) is 13.2 Å². The monoisotopic (exact) mass is 399 g/mol. The summed E-state index contributed by atoms with van der Waals surface area (Å²) in [6.07, 6.45) is -0.791. The Morgan fingerprint density at radius 1 is 1.25 bits per heavy atom. The van der Waals surface area contributed by atoms with Gasteiger partial charge in [-0.15, -0.1) is 0 Å². The van der Waals surface area contributed by atoms with Gasteiger partial charge >= 0.3 is 12.3 Å². The maximum absolute atomic E-state index is 12.9. The second kappa shape index (κ2) is 7.79. The van der Waals surface area contributed by atoms with Gasteiger partial charge in [-0.2, -0.15) is 13.8 Å². The first kappa shape index (κ1) is 19.3. The third-order valence-electron chi connectivity index (χ3n) is 5.52. The van der Waals surface area contributed by atoms with Gasteiger partial charge in [0.25, 0.3) is 5.89 Å². The molecule has 152 valence electrons. The first-order valence-corrected chi connectivity index (χ1v) is 9.32. The summed E-state index contributed by atoms with van der Waals surface area (Å²) in [6.45, 7) is -0.798. The van der Waals surface area contributed by atoms with Gasteiger partial charge in [-0.25, -0.2) is 8.78 Å². The molecule has 0 unspecified atom stereocenters. The molecular weight excluding hydrogens is 378 g/mol. The van der Waals surface area contributed by atoms with Crippen LogP contribution in [-0.4, -0.2) is 46.6 Å². The van der Waals surface area contributed by atoms with E-state index >= 15 is 0 Å². The van der Waals surface area contributed by atoms with Gasteiger partial charge in [-0.3, -0.25) is 4.90 Å². The number of benzene rings is 1. The fraction of sp³-hybridized carbons (Fsp3) is 0.579. The van der Waals surface area contributed by atoms with Crippen molar-refractivity contribution >= 4 is 0 Å². The fourth-order valence-electron chi connectivity index (χ4n) is 4.26. The largest absolute Gasteiger partial charge is 0.365 e. The predicted molar refractivity (Wildman–Crippen MR) is 91.2 cm³/mol. The van der Waals surface area contributed by atoms with Crippen LogP contribution in [0, 0.1) is 0 Å². The van der Waals surface area contributed by atoms with Crippen LogP contribution in [0.1, 0.15) is 48.5 Å². The third-order valence-corrected chi connectivity index (χ3v) is 5.52. The Labute approximate surface area is 159 Å². The highest BCUT2D eigenvalue weighted by atomic mass is 19.3. The molecular formula is C19H21F4N3O2. The van der Waals surface area contributed by atoms with Crippen LogP contribution in [0.2, 0.25) is 0 Å². The lowest BCUT2D eigenvalue weighted by Gasteiger charge is -2.24. The minimum absolute atomic E-state index is 0.0211. The molecule has 0 aliphatic carbocycles. The Hall–Kier alpha value is -2.00. The van der Waals surface area contributed by atoms with Crippen LogP contribution < -0.4 is 0 Å². The van der Waals surface area contributed by atoms with E-state index in [9.17, 15) is 17.6 Å². The van der Waals surface area contributed by atoms with Gasteiger partial charge in [0.2, 0.25) is 0 Å². The van der Waals surface area contributed by atoms with Crippen molar-refractivity contribution in [1.82, 2.24) is 15.0 Å². The highest BCUT2D eigenvalue weighted by Gasteiger charge is 2.46. The van der Waals surface area contributed by atoms with Crippen LogP contribution >= 0.6 is 0 Å². The van der Waals surface area contributed by atoms with E-state index in [-0.39, 0.29) is 17.9 Å². The lowest BCUT2D eigenvalue weighted by atomic mass is 9.94. The second-order valence-electron chi connectivity index (χ2n) is 7.32. The minimum atomic E-state index is -4.19. The van der Waals surface area contributed by atoms with Crippen molar-refractivity contribution in [3.8, 4) is 0 Å². The smallest absolute Gasteiger partial charge is 0.330 e. The molecule has 1 aromatic carbocycles. The molecule has 2 aromatic rings. The zero-order valence-electron chi connectivity index (χ0n) is 15.1. The number of fused-ring (bicyclic) bond motifs is 1. The number of nitrogens with zero attached hydrogens (tertiary/aromatic N) is 3. The number of aromatic nitrogens is 2. The van der Waals surface area contributed by atoms with Crippen molar-refractivity contribution in [2.75, 3.05) is 13.2 Å². The van der Waals surface area contributed by atoms with Crippen molar-refractivity contribution in [2.45, 2.75) is 56.2 Å². The molecule has 0 spiro atoms. The quantitative estimate of drug-likeness (QED) is 0.654. The molecule has 2 aliphatic rings. The number of hydrogen-bond donors (Lipinski definition) is 0. The van der Waals surface area contributed by atoms with Crippen molar-refractivity contribution in [3.63, 3.8) is 0 Å². The summed E-state index contributed by atoms with van der Waals surface area (Å²) in [5, 5.41) is 4.01. The van der Waals surface area contributed by atoms with E-state index in [1.807, 2.05) is 18.2 Å². The molecule has 0 saturated carbocycles. The topological polar surface area (TPSA) is 51.4 Å². The Bertz CT molecular complexity index is 786. The van der Waals surface area contributed by atoms with Crippen LogP contribution in [0.5, 0.6) is 0 Å². The van der Waals surface area contributed by atoms with Crippen LogP contribution in [0.4, 0.5) is 17.6 Å². The van der Waals surface area contributed by atoms with Crippen LogP contribution in [-0.2, 0) is 11.3 Å². The molecule has 4 rings (SSSR count). The van der Waals surface area contributed by atoms with Gasteiger partial charge in [0.15, 0.2) is 5.82 Å². The molecule has 0 radical (unpaired) electrons. The Morgan fingerprint density at radius 3 is 2.79 bits per heavy atom. The zero-order chi connectivity index (χ0) is 19.7. The average molecular weight is 399 g/mol. The Morgan fingerprint density at radius 2 is 2.04 bits per heavy atom. The molecule has 2 saturated heterocycles. The maximum Gasteiger partial charge on any atom is 0.330 e. The van der Waals surface area contributed by atoms with Crippen molar-refractivity contribution in [1.29, 1.82) is 0 Å². The van der Waals surface area contributed by atoms with Gasteiger partial charge in [0.05, 0.1) is 0 Å². The van der Waals surface area contributed by atoms with Crippen LogP contribution in [0.3, 0.4) is 0 Å². The summed E-state index contributed by atoms with van der Waals surface area (Å²) < 4.78 is 59.9. The van der Waals surface area contributed by atoms with E-state index in [0.717, 1.165) is 25.8 Å². The summed E-state index contributed by atoms with van der Waals surface area (Å²) in [4.78, 5) is 6.75. The lowest BCUT2D eigenvalue weighted by molar-refractivity contribution is -0.169. The molecule has 28 heavy (non-hydrogen) atoms. The SMILES string of the molecule is FC(F)C(F)(F)COCc1nc([C@H]2C[C@@H](c3ccccc3)N3CCC[C@H]23)no1. The first-order chi connectivity index (χ1) is 13.5. The molecule has 5 nitrogen and oxygen atoms in total. The lowest BCUT2D eigenvalue weighted by Crippen LogP contribution is -2.32. The summed E-state index contributed by atoms with van der Waals surface area (Å²) >= 11 is 0. The molecule has 0 bridgehead atoms. The highest BCUT2D eigenvalue weighted by molar-refractivity contribution is 5.24. The number of rotatable bonds is 7. The number of halogens is 4. The average Bonchev–Trinajstić information content (AvgIpc) is 3.38. The second-order valence-corrected chi connectivity index (χ2v) is 7.32. The summed E-state index contributed by atoms with van der Waals surface area (Å²) in [6, 6.07) is 10.8. The molecule has 2 aliphatic heterocycles. The van der Waals surface area contributed by atoms with Crippen molar-refractivity contribution in [2.24, 2.45) is 0 Å². The van der Waals surface area contributed by atoms with E-state index in [0.29, 0.717) is 11.9 Å². The Balaban J connectivity index is 1.42. The van der Waals surface area contributed by atoms with Crippen molar-refractivity contribution < 1.29 is 26.8 Å². The van der Waals surface area contributed by atoms with E-state index in [2.05, 4.69) is 31.9 Å². The van der Waals surface area contributed by atoms with Gasteiger partial charge < -0.3 is 9.26 Å². The summed E-state index contributed by atoms with van der Waals surface area (Å²) in [7, 11) is 0. The van der Waals surface area contributed by atoms with Crippen LogP contribution in [0.25, 0.3) is 0 Å². The molecule has 0 amide bonds. The number of alkyl halides is 4. The van der Waals surface area contributed by atoms with Crippen LogP contribution in [0.15, 0.2) is 34.9 Å². The molecule has 9 heteroatoms. The van der Waals surface area contributed by atoms with E-state index in [1.54, 1.807) is 0 Å². The molecule has 3 heterocycles. The zero-order valence-corrected chi connectivity index (χ0v) is 15.1. The van der Waals surface area contributed by atoms with Gasteiger partial charge in [-0.05, 0) is 31.4 Å². The summed E-state index contributed by atoms with van der Waals surface area (Å²) in [5.41, 5.74) is 1.25. The van der Waals surface area contributed by atoms with Gasteiger partial charge in [0, 0.05) is 18.0 Å². The number of ether oxygens (including phenoxy) is 1. The fourth-order valence-corrected chi connectivity index (χ4v) is 4.26. The molecule has 3 atom stereocenters. The highest BCUT2D eigenvalue weighted by Crippen LogP contribution is 2.48. The standard InChI is InChI=1S/C19H21F4N3O2/c20-18(21)19(22,23)11-27-10-16-24-17(25-28-16)13-9-15(12-5-2-1-3-6-12)26-8-4-7-14(13)26/h1-3,5-6,13-15,18H,4,7-11H2/t13-,14+,15-/m0/s1. The van der Waals surface area contributed by atoms with E-state index in [1.165, 1.54) is 5.56 Å². The first-order valence-electron chi connectivity index (χ1n) is 9.32. The molecule has 2 fully saturated rings. The molecule has 1 aromatic heterocycles. The van der Waals surface area contributed by atoms with E-state index in [4.69, 9.17) is 4.52 Å².